The van der Waals surface area contributed by atoms with E-state index in [9.17, 15) is 5.11 Å². The molecule has 0 aromatic heterocycles. The Hall–Kier alpha value is -0.0800. The van der Waals surface area contributed by atoms with Crippen LogP contribution in [0.15, 0.2) is 0 Å². The van der Waals surface area contributed by atoms with Crippen molar-refractivity contribution >= 4 is 0 Å². The van der Waals surface area contributed by atoms with Crippen LogP contribution in [0.3, 0.4) is 0 Å². The van der Waals surface area contributed by atoms with Crippen LogP contribution in [0.2, 0.25) is 0 Å². The highest BCUT2D eigenvalue weighted by molar-refractivity contribution is 5.04. The van der Waals surface area contributed by atoms with Crippen LogP contribution in [-0.2, 0) is 0 Å². The average Bonchev–Trinajstić information content (AvgIpc) is 2.80. The van der Waals surface area contributed by atoms with Gasteiger partial charge >= 0.3 is 0 Å². The number of nitrogens with zero attached hydrogens (tertiary/aromatic N) is 1. The smallest absolute Gasteiger partial charge is 0.0555 e. The van der Waals surface area contributed by atoms with Gasteiger partial charge in [-0.05, 0) is 62.8 Å². The summed E-state index contributed by atoms with van der Waals surface area (Å²) >= 11 is 0. The van der Waals surface area contributed by atoms with Crippen LogP contribution in [0, 0.1) is 10.8 Å². The topological polar surface area (TPSA) is 23.5 Å². The number of hydrogen-bond donors (Lipinski definition) is 1. The second-order valence-corrected chi connectivity index (χ2v) is 8.22. The first kappa shape index (κ1) is 13.9. The number of aliphatic hydroxyl groups is 1. The number of hydrogen-bond acceptors (Lipinski definition) is 2. The van der Waals surface area contributed by atoms with Gasteiger partial charge in [0, 0.05) is 12.1 Å². The highest BCUT2D eigenvalue weighted by Crippen LogP contribution is 2.53. The van der Waals surface area contributed by atoms with Crippen molar-refractivity contribution < 1.29 is 5.11 Å². The molecule has 2 nitrogen and oxygen atoms in total. The van der Waals surface area contributed by atoms with Crippen LogP contribution in [0.1, 0.15) is 71.6 Å². The molecular weight excluding hydrogens is 234 g/mol. The summed E-state index contributed by atoms with van der Waals surface area (Å²) < 4.78 is 0. The number of aliphatic hydroxyl groups excluding tert-OH is 1. The van der Waals surface area contributed by atoms with Crippen molar-refractivity contribution in [2.24, 2.45) is 10.8 Å². The van der Waals surface area contributed by atoms with E-state index < -0.39 is 0 Å². The molecule has 0 saturated heterocycles. The van der Waals surface area contributed by atoms with E-state index in [0.717, 1.165) is 18.9 Å². The van der Waals surface area contributed by atoms with Crippen molar-refractivity contribution in [1.29, 1.82) is 0 Å². The van der Waals surface area contributed by atoms with Gasteiger partial charge in [0.05, 0.1) is 6.10 Å². The average molecular weight is 265 g/mol. The first-order valence-corrected chi connectivity index (χ1v) is 8.35. The predicted octanol–water partition coefficient (Wildman–Crippen LogP) is 3.58. The molecule has 3 aliphatic carbocycles. The molecule has 0 bridgehead atoms. The summed E-state index contributed by atoms with van der Waals surface area (Å²) in [5.74, 6) is 0. The van der Waals surface area contributed by atoms with Gasteiger partial charge in [-0.15, -0.1) is 0 Å². The van der Waals surface area contributed by atoms with Gasteiger partial charge in [-0.2, -0.15) is 0 Å². The Bertz CT molecular complexity index is 332. The second-order valence-electron chi connectivity index (χ2n) is 8.22. The van der Waals surface area contributed by atoms with E-state index >= 15 is 0 Å². The lowest BCUT2D eigenvalue weighted by atomic mass is 9.63. The zero-order chi connectivity index (χ0) is 13.7. The van der Waals surface area contributed by atoms with Crippen LogP contribution in [0.5, 0.6) is 0 Å². The second kappa shape index (κ2) is 4.73. The molecular formula is C17H31NO. The van der Waals surface area contributed by atoms with E-state index in [1.165, 1.54) is 44.9 Å². The molecule has 19 heavy (non-hydrogen) atoms. The molecule has 0 aromatic rings. The Morgan fingerprint density at radius 1 is 0.947 bits per heavy atom. The molecule has 3 rings (SSSR count). The SMILES string of the molecule is CN(C1CCC1(C)C)C1CC(O)CCC12CCCC2. The lowest BCUT2D eigenvalue weighted by Gasteiger charge is -2.57. The molecule has 3 saturated carbocycles. The Balaban J connectivity index is 1.79. The first-order chi connectivity index (χ1) is 8.95. The van der Waals surface area contributed by atoms with Gasteiger partial charge in [0.25, 0.3) is 0 Å². The van der Waals surface area contributed by atoms with E-state index in [0.29, 0.717) is 16.9 Å². The minimum Gasteiger partial charge on any atom is -0.393 e. The quantitative estimate of drug-likeness (QED) is 0.825. The van der Waals surface area contributed by atoms with Crippen LogP contribution < -0.4 is 0 Å². The third kappa shape index (κ3) is 2.25. The minimum absolute atomic E-state index is 0.0538. The van der Waals surface area contributed by atoms with E-state index in [2.05, 4.69) is 25.8 Å². The van der Waals surface area contributed by atoms with Crippen LogP contribution in [0.25, 0.3) is 0 Å². The van der Waals surface area contributed by atoms with Gasteiger partial charge in [-0.25, -0.2) is 0 Å². The van der Waals surface area contributed by atoms with Crippen molar-refractivity contribution in [2.75, 3.05) is 7.05 Å². The molecule has 0 radical (unpaired) electrons. The maximum atomic E-state index is 10.1. The van der Waals surface area contributed by atoms with E-state index in [4.69, 9.17) is 0 Å². The van der Waals surface area contributed by atoms with Gasteiger partial charge < -0.3 is 5.11 Å². The highest BCUT2D eigenvalue weighted by Gasteiger charge is 2.51. The molecule has 0 aromatic carbocycles. The molecule has 3 unspecified atom stereocenters. The van der Waals surface area contributed by atoms with Gasteiger partial charge in [-0.3, -0.25) is 4.90 Å². The standard InChI is InChI=1S/C17H31NO/c1-16(2)10-7-14(16)18(3)15-12-13(19)6-11-17(15)8-4-5-9-17/h13-15,19H,4-12H2,1-3H3. The van der Waals surface area contributed by atoms with Gasteiger partial charge in [0.15, 0.2) is 0 Å². The fraction of sp³-hybridized carbons (Fsp3) is 1.00. The molecule has 1 N–H and O–H groups in total. The Labute approximate surface area is 118 Å². The monoisotopic (exact) mass is 265 g/mol. The van der Waals surface area contributed by atoms with Gasteiger partial charge in [0.1, 0.15) is 0 Å². The normalized spacial score (nSPS) is 40.6. The Kier molecular flexibility index (Phi) is 3.46. The summed E-state index contributed by atoms with van der Waals surface area (Å²) in [4.78, 5) is 2.68. The molecule has 0 amide bonds. The summed E-state index contributed by atoms with van der Waals surface area (Å²) in [7, 11) is 2.34. The molecule has 1 spiro atoms. The Morgan fingerprint density at radius 2 is 1.63 bits per heavy atom. The number of rotatable bonds is 2. The molecule has 3 atom stereocenters. The van der Waals surface area contributed by atoms with Crippen molar-refractivity contribution in [3.63, 3.8) is 0 Å². The molecule has 3 fully saturated rings. The Morgan fingerprint density at radius 3 is 2.16 bits per heavy atom. The van der Waals surface area contributed by atoms with Crippen LogP contribution in [-0.4, -0.2) is 35.2 Å². The zero-order valence-corrected chi connectivity index (χ0v) is 13.0. The van der Waals surface area contributed by atoms with E-state index in [1.54, 1.807) is 0 Å². The predicted molar refractivity (Wildman–Crippen MR) is 79.1 cm³/mol. The summed E-state index contributed by atoms with van der Waals surface area (Å²) in [6, 6.07) is 1.36. The van der Waals surface area contributed by atoms with Crippen LogP contribution in [0.4, 0.5) is 0 Å². The largest absolute Gasteiger partial charge is 0.393 e. The highest BCUT2D eigenvalue weighted by atomic mass is 16.3. The van der Waals surface area contributed by atoms with Gasteiger partial charge in [0.2, 0.25) is 0 Å². The lowest BCUT2D eigenvalue weighted by Crippen LogP contribution is -2.60. The van der Waals surface area contributed by atoms with Crippen molar-refractivity contribution in [3.8, 4) is 0 Å². The summed E-state index contributed by atoms with van der Waals surface area (Å²) in [5.41, 5.74) is 1.02. The third-order valence-electron chi connectivity index (χ3n) is 6.72. The minimum atomic E-state index is -0.0538. The zero-order valence-electron chi connectivity index (χ0n) is 13.0. The molecule has 3 aliphatic rings. The van der Waals surface area contributed by atoms with Crippen molar-refractivity contribution in [2.45, 2.75) is 89.8 Å². The van der Waals surface area contributed by atoms with Gasteiger partial charge in [-0.1, -0.05) is 26.7 Å². The maximum Gasteiger partial charge on any atom is 0.0555 e. The first-order valence-electron chi connectivity index (χ1n) is 8.35. The fourth-order valence-corrected chi connectivity index (χ4v) is 5.33. The third-order valence-corrected chi connectivity index (χ3v) is 6.72. The molecule has 0 aliphatic heterocycles. The summed E-state index contributed by atoms with van der Waals surface area (Å²) in [5, 5.41) is 10.1. The van der Waals surface area contributed by atoms with Crippen LogP contribution >= 0.6 is 0 Å². The molecule has 2 heteroatoms. The van der Waals surface area contributed by atoms with Crippen molar-refractivity contribution in [1.82, 2.24) is 4.90 Å². The fourth-order valence-electron chi connectivity index (χ4n) is 5.33. The maximum absolute atomic E-state index is 10.1. The summed E-state index contributed by atoms with van der Waals surface area (Å²) in [6.45, 7) is 4.83. The molecule has 110 valence electrons. The van der Waals surface area contributed by atoms with Crippen molar-refractivity contribution in [3.05, 3.63) is 0 Å². The molecule has 0 heterocycles. The van der Waals surface area contributed by atoms with E-state index in [-0.39, 0.29) is 6.10 Å². The van der Waals surface area contributed by atoms with E-state index in [1.807, 2.05) is 0 Å². The lowest BCUT2D eigenvalue weighted by molar-refractivity contribution is -0.0829. The summed E-state index contributed by atoms with van der Waals surface area (Å²) in [6.07, 6.45) is 11.6.